The van der Waals surface area contributed by atoms with Crippen molar-refractivity contribution >= 4 is 41.7 Å². The molecule has 4 nitrogen and oxygen atoms in total. The lowest BCUT2D eigenvalue weighted by Crippen LogP contribution is -2.53. The Labute approximate surface area is 139 Å². The van der Waals surface area contributed by atoms with Crippen LogP contribution in [0.4, 0.5) is 0 Å². The minimum absolute atomic E-state index is 0. The Morgan fingerprint density at radius 2 is 2.11 bits per heavy atom. The van der Waals surface area contributed by atoms with Gasteiger partial charge in [-0.1, -0.05) is 0 Å². The van der Waals surface area contributed by atoms with Crippen molar-refractivity contribution in [3.63, 3.8) is 0 Å². The topological polar surface area (TPSA) is 36.9 Å². The van der Waals surface area contributed by atoms with E-state index < -0.39 is 0 Å². The van der Waals surface area contributed by atoms with Crippen LogP contribution in [0.3, 0.4) is 0 Å². The van der Waals surface area contributed by atoms with Gasteiger partial charge in [-0.25, -0.2) is 0 Å². The summed E-state index contributed by atoms with van der Waals surface area (Å²) < 4.78 is 5.72. The van der Waals surface area contributed by atoms with E-state index in [1.165, 1.54) is 0 Å². The molecule has 1 rings (SSSR count). The maximum absolute atomic E-state index is 5.42. The number of hydrogen-bond acceptors (Lipinski definition) is 3. The Bertz CT molecular complexity index is 308. The first-order valence-corrected chi connectivity index (χ1v) is 7.43. The minimum Gasteiger partial charge on any atom is -0.377 e. The van der Waals surface area contributed by atoms with Gasteiger partial charge in [-0.05, 0) is 27.7 Å². The molecule has 0 aliphatic carbocycles. The van der Waals surface area contributed by atoms with Crippen LogP contribution in [0.25, 0.3) is 0 Å². The maximum Gasteiger partial charge on any atom is 0.193 e. The third kappa shape index (κ3) is 6.53. The van der Waals surface area contributed by atoms with Crippen LogP contribution in [-0.2, 0) is 4.74 Å². The summed E-state index contributed by atoms with van der Waals surface area (Å²) >= 11 is 2.03. The molecule has 1 fully saturated rings. The zero-order valence-electron chi connectivity index (χ0n) is 12.9. The molecule has 0 radical (unpaired) electrons. The van der Waals surface area contributed by atoms with Crippen LogP contribution in [0.2, 0.25) is 0 Å². The largest absolute Gasteiger partial charge is 0.377 e. The molecule has 0 amide bonds. The number of methoxy groups -OCH3 is 1. The molecule has 19 heavy (non-hydrogen) atoms. The number of thioether (sulfide) groups is 1. The highest BCUT2D eigenvalue weighted by molar-refractivity contribution is 14.0. The van der Waals surface area contributed by atoms with Crippen molar-refractivity contribution in [1.82, 2.24) is 10.2 Å². The van der Waals surface area contributed by atoms with E-state index in [0.717, 1.165) is 31.3 Å². The standard InChI is InChI=1S/C13H27N3OS.HI/c1-12(2,17-6)9-15-11(14-5)16-7-8-18-13(3,4)10-16;/h7-10H2,1-6H3,(H,14,15);1H. The van der Waals surface area contributed by atoms with Crippen molar-refractivity contribution in [3.8, 4) is 0 Å². The second-order valence-electron chi connectivity index (χ2n) is 5.89. The van der Waals surface area contributed by atoms with Crippen molar-refractivity contribution in [1.29, 1.82) is 0 Å². The highest BCUT2D eigenvalue weighted by Gasteiger charge is 2.29. The van der Waals surface area contributed by atoms with Gasteiger partial charge < -0.3 is 15.0 Å². The van der Waals surface area contributed by atoms with Gasteiger partial charge >= 0.3 is 0 Å². The monoisotopic (exact) mass is 401 g/mol. The van der Waals surface area contributed by atoms with Crippen LogP contribution in [0.15, 0.2) is 4.99 Å². The van der Waals surface area contributed by atoms with E-state index in [9.17, 15) is 0 Å². The zero-order valence-corrected chi connectivity index (χ0v) is 16.1. The van der Waals surface area contributed by atoms with Gasteiger partial charge in [-0.15, -0.1) is 24.0 Å². The minimum atomic E-state index is -0.171. The van der Waals surface area contributed by atoms with Crippen molar-refractivity contribution in [2.75, 3.05) is 39.5 Å². The molecular formula is C13H28IN3OS. The Hall–Kier alpha value is 0.310. The number of ether oxygens (including phenoxy) is 1. The molecule has 0 bridgehead atoms. The Kier molecular flexibility index (Phi) is 8.06. The number of guanidine groups is 1. The molecule has 1 aliphatic heterocycles. The van der Waals surface area contributed by atoms with Gasteiger partial charge in [0, 0.05) is 44.3 Å². The van der Waals surface area contributed by atoms with Crippen molar-refractivity contribution in [2.24, 2.45) is 4.99 Å². The summed E-state index contributed by atoms with van der Waals surface area (Å²) in [5, 5.41) is 3.41. The summed E-state index contributed by atoms with van der Waals surface area (Å²) in [7, 11) is 3.59. The lowest BCUT2D eigenvalue weighted by Gasteiger charge is -2.39. The van der Waals surface area contributed by atoms with Crippen LogP contribution >= 0.6 is 35.7 Å². The van der Waals surface area contributed by atoms with Gasteiger partial charge in [0.2, 0.25) is 0 Å². The smallest absolute Gasteiger partial charge is 0.193 e. The normalized spacial score (nSPS) is 19.9. The molecule has 1 heterocycles. The summed E-state index contributed by atoms with van der Waals surface area (Å²) in [6, 6.07) is 0. The van der Waals surface area contributed by atoms with Crippen molar-refractivity contribution < 1.29 is 4.74 Å². The fourth-order valence-corrected chi connectivity index (χ4v) is 3.01. The predicted molar refractivity (Wildman–Crippen MR) is 96.0 cm³/mol. The number of nitrogens with one attached hydrogen (secondary N) is 1. The third-order valence-corrected chi connectivity index (χ3v) is 4.46. The molecule has 114 valence electrons. The SMILES string of the molecule is CN=C(NCC(C)(C)OC)N1CCSC(C)(C)C1.I. The second kappa shape index (κ2) is 7.93. The highest BCUT2D eigenvalue weighted by Crippen LogP contribution is 2.29. The first kappa shape index (κ1) is 19.3. The van der Waals surface area contributed by atoms with Crippen molar-refractivity contribution in [3.05, 3.63) is 0 Å². The number of aliphatic imine (C=N–C) groups is 1. The molecule has 0 aromatic heterocycles. The van der Waals surface area contributed by atoms with E-state index in [0.29, 0.717) is 4.75 Å². The van der Waals surface area contributed by atoms with E-state index in [-0.39, 0.29) is 29.6 Å². The molecule has 0 spiro atoms. The predicted octanol–water partition coefficient (Wildman–Crippen LogP) is 2.43. The number of halogens is 1. The molecule has 0 unspecified atom stereocenters. The molecule has 1 saturated heterocycles. The average molecular weight is 401 g/mol. The molecule has 1 aliphatic rings. The molecular weight excluding hydrogens is 373 g/mol. The molecule has 0 saturated carbocycles. The lowest BCUT2D eigenvalue weighted by atomic mass is 10.1. The second-order valence-corrected chi connectivity index (χ2v) is 7.70. The molecule has 0 atom stereocenters. The van der Waals surface area contributed by atoms with Crippen LogP contribution in [0.5, 0.6) is 0 Å². The van der Waals surface area contributed by atoms with Crippen LogP contribution in [-0.4, -0.2) is 60.8 Å². The molecule has 0 aromatic rings. The Balaban J connectivity index is 0.00000324. The Morgan fingerprint density at radius 1 is 1.47 bits per heavy atom. The van der Waals surface area contributed by atoms with Crippen LogP contribution in [0.1, 0.15) is 27.7 Å². The first-order valence-electron chi connectivity index (χ1n) is 6.44. The van der Waals surface area contributed by atoms with Gasteiger partial charge in [0.25, 0.3) is 0 Å². The zero-order chi connectivity index (χ0) is 13.8. The fraction of sp³-hybridized carbons (Fsp3) is 0.923. The van der Waals surface area contributed by atoms with Gasteiger partial charge in [-0.2, -0.15) is 11.8 Å². The third-order valence-electron chi connectivity index (χ3n) is 3.16. The van der Waals surface area contributed by atoms with E-state index in [2.05, 4.69) is 42.9 Å². The maximum atomic E-state index is 5.42. The highest BCUT2D eigenvalue weighted by atomic mass is 127. The summed E-state index contributed by atoms with van der Waals surface area (Å²) in [6.45, 7) is 11.6. The van der Waals surface area contributed by atoms with Gasteiger partial charge in [0.15, 0.2) is 5.96 Å². The van der Waals surface area contributed by atoms with Crippen LogP contribution < -0.4 is 5.32 Å². The number of nitrogens with zero attached hydrogens (tertiary/aromatic N) is 2. The van der Waals surface area contributed by atoms with Crippen LogP contribution in [0, 0.1) is 0 Å². The van der Waals surface area contributed by atoms with E-state index in [1.54, 1.807) is 7.11 Å². The van der Waals surface area contributed by atoms with E-state index in [1.807, 2.05) is 18.8 Å². The summed E-state index contributed by atoms with van der Waals surface area (Å²) in [5.74, 6) is 2.13. The molecule has 6 heteroatoms. The Morgan fingerprint density at radius 3 is 2.58 bits per heavy atom. The van der Waals surface area contributed by atoms with Gasteiger partial charge in [-0.3, -0.25) is 4.99 Å². The van der Waals surface area contributed by atoms with E-state index >= 15 is 0 Å². The summed E-state index contributed by atoms with van der Waals surface area (Å²) in [6.07, 6.45) is 0. The molecule has 1 N–H and O–H groups in total. The van der Waals surface area contributed by atoms with Gasteiger partial charge in [0.05, 0.1) is 5.60 Å². The van der Waals surface area contributed by atoms with Crippen molar-refractivity contribution in [2.45, 2.75) is 38.0 Å². The first-order chi connectivity index (χ1) is 8.29. The van der Waals surface area contributed by atoms with Gasteiger partial charge in [0.1, 0.15) is 0 Å². The average Bonchev–Trinajstić information content (AvgIpc) is 2.28. The fourth-order valence-electron chi connectivity index (χ4n) is 1.89. The quantitative estimate of drug-likeness (QED) is 0.448. The summed E-state index contributed by atoms with van der Waals surface area (Å²) in [4.78, 5) is 6.72. The summed E-state index contributed by atoms with van der Waals surface area (Å²) in [5.41, 5.74) is -0.171. The lowest BCUT2D eigenvalue weighted by molar-refractivity contribution is 0.0263. The van der Waals surface area contributed by atoms with E-state index in [4.69, 9.17) is 4.74 Å². The molecule has 0 aromatic carbocycles. The number of rotatable bonds is 3. The number of hydrogen-bond donors (Lipinski definition) is 1.